The number of Topliss-reactive ketones (excluding diaryl/α,β-unsaturated/α-hetero) is 1. The highest BCUT2D eigenvalue weighted by atomic mass is 16.3. The Morgan fingerprint density at radius 3 is 1.67 bits per heavy atom. The summed E-state index contributed by atoms with van der Waals surface area (Å²) in [6.45, 7) is 20.0. The molecule has 0 aromatic heterocycles. The van der Waals surface area contributed by atoms with E-state index in [1.54, 1.807) is 41.7 Å². The topological polar surface area (TPSA) is 128 Å². The van der Waals surface area contributed by atoms with Gasteiger partial charge in [0.2, 0.25) is 17.7 Å². The Bertz CT molecular complexity index is 981. The Balaban J connectivity index is -0.00000236. The molecule has 9 heteroatoms. The molecule has 0 aliphatic rings. The van der Waals surface area contributed by atoms with Gasteiger partial charge in [0.1, 0.15) is 12.1 Å². The van der Waals surface area contributed by atoms with Crippen LogP contribution in [0.25, 0.3) is 0 Å². The summed E-state index contributed by atoms with van der Waals surface area (Å²) in [5.41, 5.74) is 0. The minimum absolute atomic E-state index is 0.0477. The first-order valence-corrected chi connectivity index (χ1v) is 16.9. The van der Waals surface area contributed by atoms with Crippen LogP contribution in [0.3, 0.4) is 0 Å². The van der Waals surface area contributed by atoms with Crippen LogP contribution in [0.1, 0.15) is 134 Å². The molecule has 0 aliphatic heterocycles. The number of carbonyl (C=O) groups is 4. The number of hydrogen-bond donors (Lipinski definition) is 4. The van der Waals surface area contributed by atoms with E-state index in [9.17, 15) is 24.3 Å². The van der Waals surface area contributed by atoms with Crippen molar-refractivity contribution >= 4 is 23.5 Å². The number of nitrogens with one attached hydrogen (secondary N) is 3. The molecule has 266 valence electrons. The lowest BCUT2D eigenvalue weighted by Gasteiger charge is -2.37. The predicted molar refractivity (Wildman–Crippen MR) is 189 cm³/mol. The Hall–Kier alpha value is -2.26. The van der Waals surface area contributed by atoms with E-state index < -0.39 is 60.9 Å². The number of ketones is 1. The summed E-state index contributed by atoms with van der Waals surface area (Å²) < 4.78 is 29.9. The first-order chi connectivity index (χ1) is 22.5. The zero-order valence-corrected chi connectivity index (χ0v) is 31.0. The molecule has 0 heterocycles. The monoisotopic (exact) mass is 645 g/mol. The third-order valence-corrected chi connectivity index (χ3v) is 7.54. The van der Waals surface area contributed by atoms with Crippen LogP contribution in [0.2, 0.25) is 0 Å². The van der Waals surface area contributed by atoms with Gasteiger partial charge in [-0.1, -0.05) is 114 Å². The molecule has 9 nitrogen and oxygen atoms in total. The second kappa shape index (κ2) is 26.9. The van der Waals surface area contributed by atoms with Gasteiger partial charge in [-0.15, -0.1) is 0 Å². The summed E-state index contributed by atoms with van der Waals surface area (Å²) in [7, 11) is 3.01. The van der Waals surface area contributed by atoms with Crippen LogP contribution in [0.5, 0.6) is 0 Å². The fourth-order valence-corrected chi connectivity index (χ4v) is 4.18. The highest BCUT2D eigenvalue weighted by Gasteiger charge is 2.40. The minimum Gasteiger partial charge on any atom is -0.390 e. The lowest BCUT2D eigenvalue weighted by Crippen LogP contribution is -2.62. The average Bonchev–Trinajstić information content (AvgIpc) is 3.02. The van der Waals surface area contributed by atoms with Crippen molar-refractivity contribution in [1.82, 2.24) is 20.9 Å². The number of aliphatic hydroxyl groups is 1. The number of hydrogen-bond acceptors (Lipinski definition) is 6. The molecule has 0 aromatic carbocycles. The summed E-state index contributed by atoms with van der Waals surface area (Å²) in [5, 5.41) is 19.7. The van der Waals surface area contributed by atoms with E-state index in [2.05, 4.69) is 43.6 Å². The number of unbranched alkanes of at least 4 members (excludes halogenated alkanes) is 2. The third kappa shape index (κ3) is 19.8. The van der Waals surface area contributed by atoms with Gasteiger partial charge in [0, 0.05) is 11.2 Å². The quantitative estimate of drug-likeness (QED) is 0.138. The summed E-state index contributed by atoms with van der Waals surface area (Å²) in [6, 6.07) is -4.48. The predicted octanol–water partition coefficient (Wildman–Crippen LogP) is 5.89. The number of allylic oxidation sites excluding steroid dienone is 2. The third-order valence-electron chi connectivity index (χ3n) is 7.54. The molecule has 0 spiro atoms. The molecule has 0 fully saturated rings. The van der Waals surface area contributed by atoms with E-state index >= 15 is 0 Å². The van der Waals surface area contributed by atoms with Crippen LogP contribution >= 0.6 is 0 Å². The highest BCUT2D eigenvalue weighted by molar-refractivity contribution is 5.95. The number of amides is 3. The number of carbonyl (C=O) groups excluding carboxylic acids is 4. The molecule has 0 aromatic rings. The van der Waals surface area contributed by atoms with Crippen LogP contribution in [0.4, 0.5) is 0 Å². The van der Waals surface area contributed by atoms with Gasteiger partial charge >= 0.3 is 0 Å². The fourth-order valence-electron chi connectivity index (χ4n) is 4.18. The van der Waals surface area contributed by atoms with Crippen molar-refractivity contribution in [3.05, 3.63) is 12.1 Å². The van der Waals surface area contributed by atoms with Gasteiger partial charge in [-0.2, -0.15) is 0 Å². The number of rotatable bonds is 18. The smallest absolute Gasteiger partial charge is 0.246 e. The van der Waals surface area contributed by atoms with Crippen LogP contribution < -0.4 is 16.0 Å². The van der Waals surface area contributed by atoms with Gasteiger partial charge < -0.3 is 26.0 Å². The van der Waals surface area contributed by atoms with Crippen molar-refractivity contribution in [2.24, 2.45) is 23.7 Å². The first-order valence-electron chi connectivity index (χ1n) is 18.9. The molecular formula is C36H72N4O5. The maximum absolute atomic E-state index is 13.8. The molecule has 6 atom stereocenters. The number of likely N-dealkylation sites (N-methyl/N-ethyl adjacent to an activating group) is 2. The molecule has 0 bridgehead atoms. The molecule has 0 saturated heterocycles. The van der Waals surface area contributed by atoms with Crippen molar-refractivity contribution in [2.45, 2.75) is 159 Å². The summed E-state index contributed by atoms with van der Waals surface area (Å²) >= 11 is 0. The first kappa shape index (κ1) is 38.9. The Kier molecular flexibility index (Phi) is 23.3. The lowest BCUT2D eigenvalue weighted by molar-refractivity contribution is -0.148. The lowest BCUT2D eigenvalue weighted by atomic mass is 9.91. The summed E-state index contributed by atoms with van der Waals surface area (Å²) in [5.74, 6) is -3.18. The average molecular weight is 645 g/mol. The standard InChI is InChI=1S/C28H52N4O5.2C4H10/c1-12-13-14-19(8)25(34)24(27(36)30-22(17(4)5)20(9)33)32(11)28(37)23(18(6)7)31-26(35)21(29-10)15-16(2)3;2*1-3-4-2/h12-13,16-19,21-25,29,34H,14-15H2,1-11H3,(H,30,36)(H,31,35);2*3-4H2,1-2H3/b13-12+;;/t19-,21+,22+,23+,24?,25-;;/m1../s1/i1D3,12D;;. The Morgan fingerprint density at radius 2 is 1.31 bits per heavy atom. The highest BCUT2D eigenvalue weighted by Crippen LogP contribution is 2.20. The van der Waals surface area contributed by atoms with Gasteiger partial charge in [0.25, 0.3) is 0 Å². The van der Waals surface area contributed by atoms with Gasteiger partial charge in [-0.25, -0.2) is 0 Å². The van der Waals surface area contributed by atoms with E-state index in [4.69, 9.17) is 5.48 Å². The minimum atomic E-state index is -2.62. The SMILES string of the molecule is CCCC.CCCC.[2H]/C(=C\C[C@@H](C)[C@@H](O)C(C(=O)N[C@H](C(C)=O)C(C)C)N(C)C(=O)[C@@H](NC(=O)[C@H](CC(C)C)NC)C(C)C)C([2H])([2H])[2H]. The summed E-state index contributed by atoms with van der Waals surface area (Å²) in [6.07, 6.45) is 5.45. The van der Waals surface area contributed by atoms with Crippen molar-refractivity contribution in [3.63, 3.8) is 0 Å². The molecule has 0 rings (SSSR count). The maximum Gasteiger partial charge on any atom is 0.246 e. The molecule has 3 amide bonds. The fraction of sp³-hybridized carbons (Fsp3) is 0.833. The van der Waals surface area contributed by atoms with E-state index in [1.807, 2.05) is 13.8 Å². The zero-order chi connectivity index (χ0) is 39.2. The van der Waals surface area contributed by atoms with Gasteiger partial charge in [0.05, 0.1) is 19.6 Å². The van der Waals surface area contributed by atoms with E-state index in [0.29, 0.717) is 6.42 Å². The number of nitrogens with zero attached hydrogens (tertiary/aromatic N) is 1. The summed E-state index contributed by atoms with van der Waals surface area (Å²) in [4.78, 5) is 53.7. The van der Waals surface area contributed by atoms with E-state index in [0.717, 1.165) is 11.0 Å². The molecule has 0 aliphatic carbocycles. The van der Waals surface area contributed by atoms with Crippen molar-refractivity contribution in [1.29, 1.82) is 0 Å². The van der Waals surface area contributed by atoms with E-state index in [-0.39, 0.29) is 35.9 Å². The molecule has 0 saturated carbocycles. The maximum atomic E-state index is 13.8. The Morgan fingerprint density at radius 1 is 0.844 bits per heavy atom. The van der Waals surface area contributed by atoms with E-state index in [1.165, 1.54) is 39.7 Å². The largest absolute Gasteiger partial charge is 0.390 e. The second-order valence-electron chi connectivity index (χ2n) is 13.0. The van der Waals surface area contributed by atoms with Crippen molar-refractivity contribution in [3.8, 4) is 0 Å². The molecule has 0 radical (unpaired) electrons. The molecule has 45 heavy (non-hydrogen) atoms. The molecule has 4 N–H and O–H groups in total. The molecular weight excluding hydrogens is 568 g/mol. The molecule has 1 unspecified atom stereocenters. The van der Waals surface area contributed by atoms with Crippen molar-refractivity contribution in [2.75, 3.05) is 14.1 Å². The van der Waals surface area contributed by atoms with Crippen LogP contribution in [-0.4, -0.2) is 77.9 Å². The van der Waals surface area contributed by atoms with Crippen molar-refractivity contribution < 1.29 is 29.8 Å². The van der Waals surface area contributed by atoms with Crippen LogP contribution in [0, 0.1) is 23.7 Å². The van der Waals surface area contributed by atoms with Crippen LogP contribution in [0.15, 0.2) is 12.1 Å². The zero-order valence-electron chi connectivity index (χ0n) is 35.0. The number of aliphatic hydroxyl groups excluding tert-OH is 1. The second-order valence-corrected chi connectivity index (χ2v) is 13.0. The van der Waals surface area contributed by atoms with Gasteiger partial charge in [-0.05, 0) is 57.3 Å². The Labute approximate surface area is 282 Å². The van der Waals surface area contributed by atoms with Crippen LogP contribution in [-0.2, 0) is 19.2 Å². The van der Waals surface area contributed by atoms with Gasteiger partial charge in [0.15, 0.2) is 5.78 Å². The normalized spacial score (nSPS) is 17.0. The van der Waals surface area contributed by atoms with Gasteiger partial charge in [-0.3, -0.25) is 19.2 Å².